The van der Waals surface area contributed by atoms with Crippen LogP contribution in [-0.2, 0) is 4.79 Å². The van der Waals surface area contributed by atoms with E-state index in [0.29, 0.717) is 17.3 Å². The molecule has 1 aliphatic heterocycles. The van der Waals surface area contributed by atoms with Crippen LogP contribution < -0.4 is 9.47 Å². The largest absolute Gasteiger partial charge is 0.481 e. The highest BCUT2D eigenvalue weighted by Crippen LogP contribution is 2.37. The maximum absolute atomic E-state index is 10.7. The van der Waals surface area contributed by atoms with Gasteiger partial charge >= 0.3 is 5.97 Å². The number of furan rings is 1. The molecule has 0 saturated carbocycles. The van der Waals surface area contributed by atoms with E-state index in [1.807, 2.05) is 37.3 Å². The third-order valence-electron chi connectivity index (χ3n) is 3.25. The zero-order valence-electron chi connectivity index (χ0n) is 11.0. The molecule has 2 heterocycles. The first kappa shape index (κ1) is 12.6. The first-order valence-corrected chi connectivity index (χ1v) is 6.35. The van der Waals surface area contributed by atoms with Crippen molar-refractivity contribution >= 4 is 5.97 Å². The van der Waals surface area contributed by atoms with Gasteiger partial charge in [0.15, 0.2) is 11.5 Å². The Kier molecular flexibility index (Phi) is 3.10. The number of hydrogen-bond acceptors (Lipinski definition) is 4. The molecule has 0 fully saturated rings. The predicted octanol–water partition coefficient (Wildman–Crippen LogP) is 3.25. The second-order valence-corrected chi connectivity index (χ2v) is 4.77. The summed E-state index contributed by atoms with van der Waals surface area (Å²) in [4.78, 5) is 10.7. The van der Waals surface area contributed by atoms with Gasteiger partial charge in [0.2, 0.25) is 6.79 Å². The van der Waals surface area contributed by atoms with Crippen LogP contribution in [0.4, 0.5) is 0 Å². The first-order valence-electron chi connectivity index (χ1n) is 6.35. The SMILES string of the molecule is CC(CC(=O)O)c1ccc(-c2ccc3c(c2)OCO3)o1. The molecule has 0 aliphatic carbocycles. The monoisotopic (exact) mass is 274 g/mol. The van der Waals surface area contributed by atoms with Crippen molar-refractivity contribution in [3.63, 3.8) is 0 Å². The Morgan fingerprint density at radius 2 is 2.05 bits per heavy atom. The molecule has 0 radical (unpaired) electrons. The second-order valence-electron chi connectivity index (χ2n) is 4.77. The zero-order valence-corrected chi connectivity index (χ0v) is 11.0. The highest BCUT2D eigenvalue weighted by molar-refractivity contribution is 5.68. The van der Waals surface area contributed by atoms with E-state index in [4.69, 9.17) is 19.0 Å². The van der Waals surface area contributed by atoms with Crippen molar-refractivity contribution in [1.82, 2.24) is 0 Å². The van der Waals surface area contributed by atoms with Crippen molar-refractivity contribution in [2.75, 3.05) is 6.79 Å². The number of rotatable bonds is 4. The minimum atomic E-state index is -0.835. The number of benzene rings is 1. The summed E-state index contributed by atoms with van der Waals surface area (Å²) in [6.07, 6.45) is 0.0497. The van der Waals surface area contributed by atoms with Gasteiger partial charge in [-0.15, -0.1) is 0 Å². The molecule has 5 heteroatoms. The van der Waals surface area contributed by atoms with Crippen LogP contribution in [0.1, 0.15) is 25.0 Å². The quantitative estimate of drug-likeness (QED) is 0.926. The van der Waals surface area contributed by atoms with E-state index in [1.165, 1.54) is 0 Å². The lowest BCUT2D eigenvalue weighted by Gasteiger charge is -2.04. The topological polar surface area (TPSA) is 68.9 Å². The second kappa shape index (κ2) is 4.92. The van der Waals surface area contributed by atoms with Gasteiger partial charge in [-0.05, 0) is 30.3 Å². The average Bonchev–Trinajstić information content (AvgIpc) is 3.06. The van der Waals surface area contributed by atoms with Crippen LogP contribution in [-0.4, -0.2) is 17.9 Å². The van der Waals surface area contributed by atoms with Gasteiger partial charge in [0.05, 0.1) is 6.42 Å². The van der Waals surface area contributed by atoms with E-state index in [-0.39, 0.29) is 19.1 Å². The Morgan fingerprint density at radius 1 is 1.25 bits per heavy atom. The number of ether oxygens (including phenoxy) is 2. The van der Waals surface area contributed by atoms with Crippen LogP contribution in [0.3, 0.4) is 0 Å². The zero-order chi connectivity index (χ0) is 14.1. The van der Waals surface area contributed by atoms with Crippen molar-refractivity contribution in [2.45, 2.75) is 19.3 Å². The van der Waals surface area contributed by atoms with E-state index in [9.17, 15) is 4.79 Å². The van der Waals surface area contributed by atoms with Crippen molar-refractivity contribution in [3.05, 3.63) is 36.1 Å². The van der Waals surface area contributed by atoms with Gasteiger partial charge in [-0.25, -0.2) is 0 Å². The molecular formula is C15H14O5. The maximum atomic E-state index is 10.7. The Balaban J connectivity index is 1.84. The summed E-state index contributed by atoms with van der Waals surface area (Å²) >= 11 is 0. The van der Waals surface area contributed by atoms with E-state index in [0.717, 1.165) is 11.3 Å². The molecule has 0 spiro atoms. The minimum absolute atomic E-state index is 0.0497. The lowest BCUT2D eigenvalue weighted by molar-refractivity contribution is -0.137. The van der Waals surface area contributed by atoms with E-state index in [2.05, 4.69) is 0 Å². The van der Waals surface area contributed by atoms with E-state index >= 15 is 0 Å². The molecule has 1 aromatic heterocycles. The highest BCUT2D eigenvalue weighted by Gasteiger charge is 2.17. The van der Waals surface area contributed by atoms with Gasteiger partial charge in [-0.1, -0.05) is 6.92 Å². The molecule has 0 bridgehead atoms. The Labute approximate surface area is 115 Å². The molecule has 2 aromatic rings. The molecule has 0 amide bonds. The summed E-state index contributed by atoms with van der Waals surface area (Å²) in [6.45, 7) is 2.06. The molecule has 1 atom stereocenters. The van der Waals surface area contributed by atoms with Crippen LogP contribution in [0.2, 0.25) is 0 Å². The molecule has 20 heavy (non-hydrogen) atoms. The Hall–Kier alpha value is -2.43. The smallest absolute Gasteiger partial charge is 0.304 e. The number of carboxylic acid groups (broad SMARTS) is 1. The van der Waals surface area contributed by atoms with Crippen molar-refractivity contribution in [1.29, 1.82) is 0 Å². The summed E-state index contributed by atoms with van der Waals surface area (Å²) in [5.74, 6) is 1.78. The number of fused-ring (bicyclic) bond motifs is 1. The standard InChI is InChI=1S/C15H14O5/c1-9(6-15(16)17)11-4-5-12(20-11)10-2-3-13-14(7-10)19-8-18-13/h2-5,7,9H,6,8H2,1H3,(H,16,17). The molecular weight excluding hydrogens is 260 g/mol. The number of carbonyl (C=O) groups is 1. The third-order valence-corrected chi connectivity index (χ3v) is 3.25. The summed E-state index contributed by atoms with van der Waals surface area (Å²) in [6, 6.07) is 9.23. The summed E-state index contributed by atoms with van der Waals surface area (Å²) in [5, 5.41) is 8.80. The molecule has 0 saturated heterocycles. The maximum Gasteiger partial charge on any atom is 0.304 e. The van der Waals surface area contributed by atoms with Crippen LogP contribution in [0.25, 0.3) is 11.3 Å². The van der Waals surface area contributed by atoms with Crippen LogP contribution in [0.15, 0.2) is 34.7 Å². The van der Waals surface area contributed by atoms with Gasteiger partial charge in [0.1, 0.15) is 11.5 Å². The van der Waals surface area contributed by atoms with Crippen molar-refractivity contribution in [3.8, 4) is 22.8 Å². The number of aliphatic carboxylic acids is 1. The van der Waals surface area contributed by atoms with E-state index in [1.54, 1.807) is 0 Å². The normalized spacial score (nSPS) is 14.2. The fraction of sp³-hybridized carbons (Fsp3) is 0.267. The first-order chi connectivity index (χ1) is 9.63. The minimum Gasteiger partial charge on any atom is -0.481 e. The van der Waals surface area contributed by atoms with Crippen LogP contribution >= 0.6 is 0 Å². The summed E-state index contributed by atoms with van der Waals surface area (Å²) < 4.78 is 16.3. The molecule has 3 rings (SSSR count). The molecule has 104 valence electrons. The number of hydrogen-bond donors (Lipinski definition) is 1. The van der Waals surface area contributed by atoms with E-state index < -0.39 is 5.97 Å². The number of carboxylic acids is 1. The summed E-state index contributed by atoms with van der Waals surface area (Å²) in [7, 11) is 0. The van der Waals surface area contributed by atoms with Gasteiger partial charge in [0, 0.05) is 11.5 Å². The lowest BCUT2D eigenvalue weighted by atomic mass is 10.1. The summed E-state index contributed by atoms with van der Waals surface area (Å²) in [5.41, 5.74) is 0.878. The Morgan fingerprint density at radius 3 is 2.85 bits per heavy atom. The Bertz CT molecular complexity index is 643. The fourth-order valence-electron chi connectivity index (χ4n) is 2.19. The molecule has 1 aliphatic rings. The molecule has 1 unspecified atom stereocenters. The van der Waals surface area contributed by atoms with Crippen molar-refractivity contribution < 1.29 is 23.8 Å². The lowest BCUT2D eigenvalue weighted by Crippen LogP contribution is -2.01. The average molecular weight is 274 g/mol. The molecule has 1 aromatic carbocycles. The third kappa shape index (κ3) is 2.34. The van der Waals surface area contributed by atoms with Crippen LogP contribution in [0.5, 0.6) is 11.5 Å². The van der Waals surface area contributed by atoms with Crippen LogP contribution in [0, 0.1) is 0 Å². The molecule has 5 nitrogen and oxygen atoms in total. The van der Waals surface area contributed by atoms with Crippen molar-refractivity contribution in [2.24, 2.45) is 0 Å². The highest BCUT2D eigenvalue weighted by atomic mass is 16.7. The predicted molar refractivity (Wildman–Crippen MR) is 70.9 cm³/mol. The fourth-order valence-corrected chi connectivity index (χ4v) is 2.19. The van der Waals surface area contributed by atoms with Gasteiger partial charge in [-0.2, -0.15) is 0 Å². The van der Waals surface area contributed by atoms with Gasteiger partial charge < -0.3 is 19.0 Å². The van der Waals surface area contributed by atoms with Gasteiger partial charge in [-0.3, -0.25) is 4.79 Å². The van der Waals surface area contributed by atoms with Gasteiger partial charge in [0.25, 0.3) is 0 Å². The molecule has 1 N–H and O–H groups in total.